The van der Waals surface area contributed by atoms with Gasteiger partial charge >= 0.3 is 0 Å². The van der Waals surface area contributed by atoms with Crippen LogP contribution in [0.15, 0.2) is 0 Å². The van der Waals surface area contributed by atoms with E-state index in [0.29, 0.717) is 25.7 Å². The maximum Gasteiger partial charge on any atom is 0.226 e. The fourth-order valence-electron chi connectivity index (χ4n) is 3.22. The van der Waals surface area contributed by atoms with E-state index < -0.39 is 6.10 Å². The Bertz CT molecular complexity index is 305. The van der Waals surface area contributed by atoms with Crippen LogP contribution in [-0.2, 0) is 9.53 Å². The third-order valence-corrected chi connectivity index (χ3v) is 4.26. The van der Waals surface area contributed by atoms with E-state index in [9.17, 15) is 9.90 Å². The Morgan fingerprint density at radius 2 is 2.05 bits per heavy atom. The number of piperidine rings is 1. The summed E-state index contributed by atoms with van der Waals surface area (Å²) in [4.78, 5) is 16.6. The van der Waals surface area contributed by atoms with Crippen molar-refractivity contribution >= 4 is 5.91 Å². The first-order valence-corrected chi connectivity index (χ1v) is 7.97. The van der Waals surface area contributed by atoms with Gasteiger partial charge in [0, 0.05) is 32.8 Å². The predicted molar refractivity (Wildman–Crippen MR) is 77.5 cm³/mol. The summed E-state index contributed by atoms with van der Waals surface area (Å²) in [6.45, 7) is 7.20. The molecule has 0 spiro atoms. The number of rotatable bonds is 6. The van der Waals surface area contributed by atoms with Crippen molar-refractivity contribution in [3.8, 4) is 0 Å². The van der Waals surface area contributed by atoms with Crippen molar-refractivity contribution in [2.24, 2.45) is 5.92 Å². The van der Waals surface area contributed by atoms with Crippen molar-refractivity contribution in [1.29, 1.82) is 0 Å². The molecule has 0 bridgehead atoms. The van der Waals surface area contributed by atoms with Gasteiger partial charge < -0.3 is 14.7 Å². The zero-order valence-corrected chi connectivity index (χ0v) is 12.6. The molecule has 116 valence electrons. The van der Waals surface area contributed by atoms with Gasteiger partial charge in [-0.2, -0.15) is 0 Å². The van der Waals surface area contributed by atoms with E-state index in [4.69, 9.17) is 4.74 Å². The highest BCUT2D eigenvalue weighted by Gasteiger charge is 2.30. The third-order valence-electron chi connectivity index (χ3n) is 4.26. The molecule has 0 aromatic carbocycles. The van der Waals surface area contributed by atoms with Crippen LogP contribution in [0.1, 0.15) is 32.6 Å². The highest BCUT2D eigenvalue weighted by molar-refractivity contribution is 5.79. The van der Waals surface area contributed by atoms with Gasteiger partial charge in [0.2, 0.25) is 5.91 Å². The Morgan fingerprint density at radius 3 is 2.75 bits per heavy atom. The molecular weight excluding hydrogens is 256 g/mol. The number of nitrogens with zero attached hydrogens (tertiary/aromatic N) is 2. The van der Waals surface area contributed by atoms with Gasteiger partial charge in [-0.05, 0) is 39.2 Å². The Hall–Kier alpha value is -0.650. The van der Waals surface area contributed by atoms with Crippen molar-refractivity contribution in [2.45, 2.75) is 38.7 Å². The minimum atomic E-state index is -0.449. The Balaban J connectivity index is 1.77. The van der Waals surface area contributed by atoms with Crippen molar-refractivity contribution in [3.63, 3.8) is 0 Å². The van der Waals surface area contributed by atoms with E-state index in [-0.39, 0.29) is 5.92 Å². The summed E-state index contributed by atoms with van der Waals surface area (Å²) in [6.07, 6.45) is 3.89. The standard InChI is InChI=1S/C15H28N2O3/c1-2-20-12-14(18)11-16-7-5-6-13(10-16)15(19)17-8-3-4-9-17/h13-14,18H,2-12H2,1H3/t13-,14-/m1/s1. The van der Waals surface area contributed by atoms with E-state index in [1.54, 1.807) is 0 Å². The fourth-order valence-corrected chi connectivity index (χ4v) is 3.22. The maximum absolute atomic E-state index is 12.4. The number of likely N-dealkylation sites (tertiary alicyclic amines) is 2. The first-order valence-electron chi connectivity index (χ1n) is 7.97. The molecular formula is C15H28N2O3. The van der Waals surface area contributed by atoms with Crippen LogP contribution in [0, 0.1) is 5.92 Å². The molecule has 20 heavy (non-hydrogen) atoms. The summed E-state index contributed by atoms with van der Waals surface area (Å²) >= 11 is 0. The summed E-state index contributed by atoms with van der Waals surface area (Å²) in [5.74, 6) is 0.452. The number of hydrogen-bond acceptors (Lipinski definition) is 4. The number of aliphatic hydroxyl groups excluding tert-OH is 1. The lowest BCUT2D eigenvalue weighted by atomic mass is 9.96. The first kappa shape index (κ1) is 15.7. The average molecular weight is 284 g/mol. The van der Waals surface area contributed by atoms with Gasteiger partial charge in [0.05, 0.1) is 18.6 Å². The molecule has 0 radical (unpaired) electrons. The Morgan fingerprint density at radius 1 is 1.30 bits per heavy atom. The van der Waals surface area contributed by atoms with Crippen LogP contribution in [0.4, 0.5) is 0 Å². The van der Waals surface area contributed by atoms with Crippen molar-refractivity contribution < 1.29 is 14.6 Å². The van der Waals surface area contributed by atoms with Gasteiger partial charge in [-0.15, -0.1) is 0 Å². The van der Waals surface area contributed by atoms with Crippen LogP contribution in [-0.4, -0.2) is 72.9 Å². The molecule has 0 aromatic rings. The molecule has 2 aliphatic rings. The van der Waals surface area contributed by atoms with Gasteiger partial charge in [-0.25, -0.2) is 0 Å². The molecule has 0 saturated carbocycles. The summed E-state index contributed by atoms with van der Waals surface area (Å²) in [6, 6.07) is 0. The first-order chi connectivity index (χ1) is 9.70. The smallest absolute Gasteiger partial charge is 0.226 e. The molecule has 1 N–H and O–H groups in total. The molecule has 1 amide bonds. The fraction of sp³-hybridized carbons (Fsp3) is 0.933. The molecule has 2 heterocycles. The van der Waals surface area contributed by atoms with Crippen LogP contribution in [0.2, 0.25) is 0 Å². The molecule has 2 rings (SSSR count). The minimum absolute atomic E-state index is 0.126. The lowest BCUT2D eigenvalue weighted by Crippen LogP contribution is -2.46. The number of carbonyl (C=O) groups excluding carboxylic acids is 1. The summed E-state index contributed by atoms with van der Waals surface area (Å²) < 4.78 is 5.24. The van der Waals surface area contributed by atoms with Crippen molar-refractivity contribution in [1.82, 2.24) is 9.80 Å². The third kappa shape index (κ3) is 4.43. The second-order valence-corrected chi connectivity index (χ2v) is 5.94. The second kappa shape index (κ2) is 7.96. The molecule has 2 saturated heterocycles. The van der Waals surface area contributed by atoms with Crippen molar-refractivity contribution in [3.05, 3.63) is 0 Å². The zero-order chi connectivity index (χ0) is 14.4. The number of ether oxygens (including phenoxy) is 1. The van der Waals surface area contributed by atoms with Gasteiger partial charge in [0.15, 0.2) is 0 Å². The summed E-state index contributed by atoms with van der Waals surface area (Å²) in [5, 5.41) is 9.91. The minimum Gasteiger partial charge on any atom is -0.389 e. The monoisotopic (exact) mass is 284 g/mol. The van der Waals surface area contributed by atoms with Gasteiger partial charge in [-0.1, -0.05) is 0 Å². The van der Waals surface area contributed by atoms with E-state index in [0.717, 1.165) is 51.9 Å². The van der Waals surface area contributed by atoms with Gasteiger partial charge in [0.25, 0.3) is 0 Å². The molecule has 2 aliphatic heterocycles. The van der Waals surface area contributed by atoms with E-state index in [1.807, 2.05) is 11.8 Å². The maximum atomic E-state index is 12.4. The number of β-amino-alcohol motifs (C(OH)–C–C–N with tert-alkyl or cyclic N) is 1. The van der Waals surface area contributed by atoms with Crippen LogP contribution < -0.4 is 0 Å². The highest BCUT2D eigenvalue weighted by atomic mass is 16.5. The van der Waals surface area contributed by atoms with Gasteiger partial charge in [-0.3, -0.25) is 9.69 Å². The van der Waals surface area contributed by atoms with E-state index >= 15 is 0 Å². The number of amides is 1. The quantitative estimate of drug-likeness (QED) is 0.781. The molecule has 0 unspecified atom stereocenters. The zero-order valence-electron chi connectivity index (χ0n) is 12.6. The molecule has 5 heteroatoms. The van der Waals surface area contributed by atoms with Crippen LogP contribution >= 0.6 is 0 Å². The molecule has 0 aliphatic carbocycles. The second-order valence-electron chi connectivity index (χ2n) is 5.94. The van der Waals surface area contributed by atoms with E-state index in [2.05, 4.69) is 4.90 Å². The predicted octanol–water partition coefficient (Wildman–Crippen LogP) is 0.718. The molecule has 2 atom stereocenters. The number of aliphatic hydroxyl groups is 1. The van der Waals surface area contributed by atoms with Crippen LogP contribution in [0.3, 0.4) is 0 Å². The molecule has 5 nitrogen and oxygen atoms in total. The SMILES string of the molecule is CCOC[C@H](O)CN1CCC[C@@H](C(=O)N2CCCC2)C1. The van der Waals surface area contributed by atoms with E-state index in [1.165, 1.54) is 0 Å². The lowest BCUT2D eigenvalue weighted by molar-refractivity contribution is -0.136. The average Bonchev–Trinajstić information content (AvgIpc) is 2.98. The lowest BCUT2D eigenvalue weighted by Gasteiger charge is -2.34. The highest BCUT2D eigenvalue weighted by Crippen LogP contribution is 2.21. The Kier molecular flexibility index (Phi) is 6.26. The van der Waals surface area contributed by atoms with Crippen molar-refractivity contribution in [2.75, 3.05) is 45.9 Å². The number of hydrogen-bond donors (Lipinski definition) is 1. The normalized spacial score (nSPS) is 25.9. The summed E-state index contributed by atoms with van der Waals surface area (Å²) in [7, 11) is 0. The summed E-state index contributed by atoms with van der Waals surface area (Å²) in [5.41, 5.74) is 0. The molecule has 2 fully saturated rings. The topological polar surface area (TPSA) is 53.0 Å². The largest absolute Gasteiger partial charge is 0.389 e. The van der Waals surface area contributed by atoms with Gasteiger partial charge in [0.1, 0.15) is 0 Å². The Labute approximate surface area is 121 Å². The molecule has 0 aromatic heterocycles. The van der Waals surface area contributed by atoms with Crippen LogP contribution in [0.25, 0.3) is 0 Å². The number of carbonyl (C=O) groups is 1. The van der Waals surface area contributed by atoms with Crippen LogP contribution in [0.5, 0.6) is 0 Å².